The minimum Gasteiger partial charge on any atom is -0.286 e. The molecule has 1 unspecified atom stereocenters. The number of hydrogen-bond donors (Lipinski definition) is 0. The molecule has 4 aromatic rings. The fourth-order valence-electron chi connectivity index (χ4n) is 4.28. The van der Waals surface area contributed by atoms with E-state index in [1.54, 1.807) is 70.5 Å². The molecule has 0 saturated carbocycles. The molecule has 0 aliphatic carbocycles. The molecule has 1 aliphatic heterocycles. The van der Waals surface area contributed by atoms with Crippen molar-refractivity contribution in [2.45, 2.75) is 24.3 Å². The molecule has 0 spiro atoms. The number of benzene rings is 2. The minimum atomic E-state index is -3.71. The van der Waals surface area contributed by atoms with E-state index in [2.05, 4.69) is 10.1 Å². The van der Waals surface area contributed by atoms with Gasteiger partial charge in [-0.15, -0.1) is 0 Å². The molecular formula is C24H24FN5O3S2. The summed E-state index contributed by atoms with van der Waals surface area (Å²) in [6.45, 7) is 1.16. The van der Waals surface area contributed by atoms with Crippen LogP contribution in [0, 0.1) is 11.7 Å². The van der Waals surface area contributed by atoms with Gasteiger partial charge in [-0.2, -0.15) is 9.40 Å². The van der Waals surface area contributed by atoms with Gasteiger partial charge in [-0.1, -0.05) is 35.6 Å². The lowest BCUT2D eigenvalue weighted by atomic mass is 9.98. The van der Waals surface area contributed by atoms with Crippen molar-refractivity contribution < 1.29 is 17.6 Å². The number of hydrogen-bond acceptors (Lipinski definition) is 6. The Balaban J connectivity index is 1.42. The Bertz CT molecular complexity index is 1420. The quantitative estimate of drug-likeness (QED) is 0.375. The number of nitrogens with zero attached hydrogens (tertiary/aromatic N) is 5. The lowest BCUT2D eigenvalue weighted by molar-refractivity contribution is -0.123. The summed E-state index contributed by atoms with van der Waals surface area (Å²) >= 11 is 1.24. The molecule has 1 aliphatic rings. The molecule has 8 nitrogen and oxygen atoms in total. The molecule has 2 aromatic carbocycles. The average molecular weight is 514 g/mol. The Hall–Kier alpha value is -3.15. The highest BCUT2D eigenvalue weighted by Crippen LogP contribution is 2.33. The zero-order valence-corrected chi connectivity index (χ0v) is 20.5. The number of carbonyl (C=O) groups excluding carboxylic acids is 1. The van der Waals surface area contributed by atoms with Crippen LogP contribution >= 0.6 is 11.3 Å². The van der Waals surface area contributed by atoms with Crippen LogP contribution in [-0.2, 0) is 21.4 Å². The van der Waals surface area contributed by atoms with Crippen molar-refractivity contribution in [1.29, 1.82) is 0 Å². The van der Waals surface area contributed by atoms with Crippen molar-refractivity contribution >= 4 is 42.6 Å². The first-order chi connectivity index (χ1) is 16.9. The Kier molecular flexibility index (Phi) is 6.63. The first-order valence-electron chi connectivity index (χ1n) is 11.3. The lowest BCUT2D eigenvalue weighted by Crippen LogP contribution is -2.47. The second-order valence-corrected chi connectivity index (χ2v) is 11.3. The van der Waals surface area contributed by atoms with Gasteiger partial charge in [-0.3, -0.25) is 14.4 Å². The molecule has 0 radical (unpaired) electrons. The van der Waals surface area contributed by atoms with Gasteiger partial charge >= 0.3 is 0 Å². The summed E-state index contributed by atoms with van der Waals surface area (Å²) in [7, 11) is -3.71. The number of anilines is 1. The fraction of sp³-hybridized carbons (Fsp3) is 0.292. The number of piperidine rings is 1. The van der Waals surface area contributed by atoms with E-state index in [1.807, 2.05) is 0 Å². The van der Waals surface area contributed by atoms with E-state index in [4.69, 9.17) is 0 Å². The van der Waals surface area contributed by atoms with Crippen LogP contribution in [-0.4, -0.2) is 53.0 Å². The first-order valence-corrected chi connectivity index (χ1v) is 13.6. The Morgan fingerprint density at radius 3 is 2.71 bits per heavy atom. The normalized spacial score (nSPS) is 17.0. The van der Waals surface area contributed by atoms with E-state index < -0.39 is 21.8 Å². The molecule has 3 heterocycles. The van der Waals surface area contributed by atoms with Crippen LogP contribution < -0.4 is 4.90 Å². The van der Waals surface area contributed by atoms with Crippen molar-refractivity contribution in [3.8, 4) is 0 Å². The lowest BCUT2D eigenvalue weighted by Gasteiger charge is -2.33. The third-order valence-electron chi connectivity index (χ3n) is 6.08. The summed E-state index contributed by atoms with van der Waals surface area (Å²) in [6, 6.07) is 14.8. The molecule has 182 valence electrons. The summed E-state index contributed by atoms with van der Waals surface area (Å²) in [6.07, 6.45) is 4.60. The summed E-state index contributed by atoms with van der Waals surface area (Å²) in [5.74, 6) is -1.19. The topological polar surface area (TPSA) is 88.4 Å². The number of rotatable bonds is 7. The number of thiazole rings is 1. The van der Waals surface area contributed by atoms with Crippen molar-refractivity contribution in [2.24, 2.45) is 5.92 Å². The van der Waals surface area contributed by atoms with E-state index in [9.17, 15) is 17.6 Å². The van der Waals surface area contributed by atoms with Crippen molar-refractivity contribution in [3.63, 3.8) is 0 Å². The predicted molar refractivity (Wildman–Crippen MR) is 132 cm³/mol. The highest BCUT2D eigenvalue weighted by Gasteiger charge is 2.36. The molecule has 5 rings (SSSR count). The van der Waals surface area contributed by atoms with E-state index in [-0.39, 0.29) is 29.4 Å². The number of sulfonamides is 1. The van der Waals surface area contributed by atoms with Gasteiger partial charge in [0.1, 0.15) is 11.3 Å². The van der Waals surface area contributed by atoms with E-state index in [0.717, 1.165) is 0 Å². The van der Waals surface area contributed by atoms with Crippen LogP contribution in [0.25, 0.3) is 10.2 Å². The Labute approximate surface area is 206 Å². The molecule has 1 atom stereocenters. The largest absolute Gasteiger partial charge is 0.286 e. The standard InChI is InChI=1S/C24H24FN5O3S2/c25-20-10-4-11-21-22(20)27-24(34-21)30(16-15-28-13-6-12-26-28)23(31)18-7-5-14-29(17-18)35(32,33)19-8-2-1-3-9-19/h1-4,6,8-13,18H,5,7,14-17H2. The summed E-state index contributed by atoms with van der Waals surface area (Å²) in [5, 5.41) is 4.60. The van der Waals surface area contributed by atoms with Crippen LogP contribution in [0.5, 0.6) is 0 Å². The SMILES string of the molecule is O=C(C1CCCN(S(=O)(=O)c2ccccc2)C1)N(CCn1cccn1)c1nc2c(F)cccc2s1. The molecule has 11 heteroatoms. The van der Waals surface area contributed by atoms with Gasteiger partial charge in [0.2, 0.25) is 15.9 Å². The third-order valence-corrected chi connectivity index (χ3v) is 9.00. The molecule has 35 heavy (non-hydrogen) atoms. The van der Waals surface area contributed by atoms with Crippen LogP contribution in [0.1, 0.15) is 12.8 Å². The maximum atomic E-state index is 14.3. The van der Waals surface area contributed by atoms with Crippen molar-refractivity contribution in [3.05, 3.63) is 72.8 Å². The Morgan fingerprint density at radius 2 is 1.97 bits per heavy atom. The van der Waals surface area contributed by atoms with Gasteiger partial charge in [0, 0.05) is 32.0 Å². The van der Waals surface area contributed by atoms with Gasteiger partial charge in [-0.05, 0) is 43.2 Å². The first kappa shape index (κ1) is 23.6. The zero-order valence-electron chi connectivity index (χ0n) is 18.8. The molecule has 0 bridgehead atoms. The smallest absolute Gasteiger partial charge is 0.243 e. The number of halogens is 1. The fourth-order valence-corrected chi connectivity index (χ4v) is 6.83. The van der Waals surface area contributed by atoms with Crippen LogP contribution in [0.2, 0.25) is 0 Å². The van der Waals surface area contributed by atoms with Gasteiger partial charge in [0.15, 0.2) is 5.13 Å². The van der Waals surface area contributed by atoms with Crippen molar-refractivity contribution in [2.75, 3.05) is 24.5 Å². The van der Waals surface area contributed by atoms with Crippen LogP contribution in [0.4, 0.5) is 9.52 Å². The van der Waals surface area contributed by atoms with Crippen LogP contribution in [0.15, 0.2) is 71.9 Å². The maximum Gasteiger partial charge on any atom is 0.243 e. The van der Waals surface area contributed by atoms with Gasteiger partial charge in [-0.25, -0.2) is 17.8 Å². The molecule has 1 saturated heterocycles. The Morgan fingerprint density at radius 1 is 1.14 bits per heavy atom. The van der Waals surface area contributed by atoms with Gasteiger partial charge < -0.3 is 0 Å². The number of fused-ring (bicyclic) bond motifs is 1. The second-order valence-electron chi connectivity index (χ2n) is 8.36. The highest BCUT2D eigenvalue weighted by atomic mass is 32.2. The summed E-state index contributed by atoms with van der Waals surface area (Å²) < 4.78 is 44.4. The molecular weight excluding hydrogens is 489 g/mol. The van der Waals surface area contributed by atoms with E-state index in [0.29, 0.717) is 35.8 Å². The molecule has 1 amide bonds. The van der Waals surface area contributed by atoms with E-state index in [1.165, 1.54) is 21.7 Å². The molecule has 1 fully saturated rings. The average Bonchev–Trinajstić information content (AvgIpc) is 3.56. The number of para-hydroxylation sites is 1. The van der Waals surface area contributed by atoms with Crippen LogP contribution in [0.3, 0.4) is 0 Å². The predicted octanol–water partition coefficient (Wildman–Crippen LogP) is 3.77. The third kappa shape index (κ3) is 4.84. The zero-order chi connectivity index (χ0) is 24.4. The molecule has 0 N–H and O–H groups in total. The minimum absolute atomic E-state index is 0.0909. The monoisotopic (exact) mass is 513 g/mol. The summed E-state index contributed by atoms with van der Waals surface area (Å²) in [5.41, 5.74) is 0.223. The van der Waals surface area contributed by atoms with E-state index >= 15 is 0 Å². The van der Waals surface area contributed by atoms with Gasteiger partial charge in [0.05, 0.1) is 22.1 Å². The molecule has 2 aromatic heterocycles. The maximum absolute atomic E-state index is 14.3. The summed E-state index contributed by atoms with van der Waals surface area (Å²) in [4.78, 5) is 20.0. The van der Waals surface area contributed by atoms with Crippen molar-refractivity contribution in [1.82, 2.24) is 19.1 Å². The number of amides is 1. The second kappa shape index (κ2) is 9.84. The highest BCUT2D eigenvalue weighted by molar-refractivity contribution is 7.89. The number of aromatic nitrogens is 3. The number of carbonyl (C=O) groups is 1. The van der Waals surface area contributed by atoms with Gasteiger partial charge in [0.25, 0.3) is 0 Å².